The highest BCUT2D eigenvalue weighted by Gasteiger charge is 2.07. The average Bonchev–Trinajstić information content (AvgIpc) is 3.24. The number of hydrazone groups is 1. The van der Waals surface area contributed by atoms with Crippen LogP contribution in [0, 0.1) is 0 Å². The second-order valence-corrected chi connectivity index (χ2v) is 6.32. The third kappa shape index (κ3) is 4.78. The standard InChI is InChI=1S/C22H18N6O/c29-22(25-23-15-17-7-3-1-4-8-17)20-13-11-18(12-14-20)16-28-26-21(24-27-28)19-9-5-2-6-10-19/h1-15H,16H2,(H,25,29)/b23-15-. The molecule has 0 aliphatic heterocycles. The summed E-state index contributed by atoms with van der Waals surface area (Å²) in [6.45, 7) is 0.466. The first-order valence-corrected chi connectivity index (χ1v) is 9.08. The van der Waals surface area contributed by atoms with Crippen molar-refractivity contribution in [3.8, 4) is 11.4 Å². The van der Waals surface area contributed by atoms with Crippen LogP contribution in [0.15, 0.2) is 90.0 Å². The SMILES string of the molecule is O=C(N/N=C\c1ccccc1)c1ccc(Cn2nnc(-c3ccccc3)n2)cc1. The summed E-state index contributed by atoms with van der Waals surface area (Å²) in [6, 6.07) is 26.5. The van der Waals surface area contributed by atoms with Gasteiger partial charge in [0.1, 0.15) is 0 Å². The van der Waals surface area contributed by atoms with E-state index < -0.39 is 0 Å². The van der Waals surface area contributed by atoms with Crippen LogP contribution in [-0.2, 0) is 6.54 Å². The van der Waals surface area contributed by atoms with Crippen molar-refractivity contribution >= 4 is 12.1 Å². The molecule has 0 radical (unpaired) electrons. The molecule has 0 saturated carbocycles. The number of benzene rings is 3. The number of hydrogen-bond acceptors (Lipinski definition) is 5. The molecule has 3 aromatic carbocycles. The molecule has 7 nitrogen and oxygen atoms in total. The predicted octanol–water partition coefficient (Wildman–Crippen LogP) is 3.15. The van der Waals surface area contributed by atoms with Gasteiger partial charge in [-0.2, -0.15) is 9.90 Å². The molecule has 4 rings (SSSR count). The van der Waals surface area contributed by atoms with Crippen molar-refractivity contribution in [2.24, 2.45) is 5.10 Å². The van der Waals surface area contributed by atoms with E-state index in [0.717, 1.165) is 16.7 Å². The van der Waals surface area contributed by atoms with Gasteiger partial charge < -0.3 is 0 Å². The lowest BCUT2D eigenvalue weighted by Crippen LogP contribution is -2.17. The van der Waals surface area contributed by atoms with Gasteiger partial charge in [-0.1, -0.05) is 72.8 Å². The zero-order valence-electron chi connectivity index (χ0n) is 15.5. The summed E-state index contributed by atoms with van der Waals surface area (Å²) in [5, 5.41) is 16.6. The van der Waals surface area contributed by atoms with Crippen LogP contribution in [-0.4, -0.2) is 32.3 Å². The van der Waals surface area contributed by atoms with Crippen molar-refractivity contribution in [2.45, 2.75) is 6.54 Å². The Hall–Kier alpha value is -4.13. The molecule has 0 bridgehead atoms. The van der Waals surface area contributed by atoms with Gasteiger partial charge in [-0.25, -0.2) is 5.43 Å². The van der Waals surface area contributed by atoms with Crippen LogP contribution in [0.4, 0.5) is 0 Å². The number of aromatic nitrogens is 4. The molecule has 0 atom stereocenters. The van der Waals surface area contributed by atoms with Gasteiger partial charge in [-0.3, -0.25) is 4.79 Å². The van der Waals surface area contributed by atoms with Crippen LogP contribution in [0.5, 0.6) is 0 Å². The molecule has 0 saturated heterocycles. The highest BCUT2D eigenvalue weighted by atomic mass is 16.2. The largest absolute Gasteiger partial charge is 0.271 e. The van der Waals surface area contributed by atoms with Crippen molar-refractivity contribution in [3.05, 3.63) is 102 Å². The number of hydrogen-bond donors (Lipinski definition) is 1. The minimum atomic E-state index is -0.269. The highest BCUT2D eigenvalue weighted by molar-refractivity contribution is 5.94. The fraction of sp³-hybridized carbons (Fsp3) is 0.0455. The number of nitrogens with zero attached hydrogens (tertiary/aromatic N) is 5. The van der Waals surface area contributed by atoms with Gasteiger partial charge in [0.15, 0.2) is 0 Å². The number of rotatable bonds is 6. The molecule has 29 heavy (non-hydrogen) atoms. The monoisotopic (exact) mass is 382 g/mol. The predicted molar refractivity (Wildman–Crippen MR) is 110 cm³/mol. The Morgan fingerprint density at radius 2 is 1.62 bits per heavy atom. The molecule has 1 aromatic heterocycles. The lowest BCUT2D eigenvalue weighted by Gasteiger charge is -2.03. The summed E-state index contributed by atoms with van der Waals surface area (Å²) >= 11 is 0. The van der Waals surface area contributed by atoms with Crippen molar-refractivity contribution in [3.63, 3.8) is 0 Å². The highest BCUT2D eigenvalue weighted by Crippen LogP contribution is 2.12. The first kappa shape index (κ1) is 18.2. The number of carbonyl (C=O) groups excluding carboxylic acids is 1. The fourth-order valence-electron chi connectivity index (χ4n) is 2.71. The van der Waals surface area contributed by atoms with Crippen LogP contribution in [0.1, 0.15) is 21.5 Å². The number of tetrazole rings is 1. The second-order valence-electron chi connectivity index (χ2n) is 6.32. The molecule has 0 aliphatic carbocycles. The lowest BCUT2D eigenvalue weighted by molar-refractivity contribution is 0.0955. The Kier molecular flexibility index (Phi) is 5.48. The Morgan fingerprint density at radius 1 is 0.931 bits per heavy atom. The molecule has 1 N–H and O–H groups in total. The van der Waals surface area contributed by atoms with E-state index in [0.29, 0.717) is 17.9 Å². The quantitative estimate of drug-likeness (QED) is 0.410. The van der Waals surface area contributed by atoms with Gasteiger partial charge in [0.05, 0.1) is 12.8 Å². The Labute approximate surface area is 167 Å². The zero-order chi connectivity index (χ0) is 19.9. The van der Waals surface area contributed by atoms with E-state index in [2.05, 4.69) is 25.9 Å². The summed E-state index contributed by atoms with van der Waals surface area (Å²) in [7, 11) is 0. The van der Waals surface area contributed by atoms with Gasteiger partial charge in [-0.05, 0) is 28.5 Å². The first-order chi connectivity index (χ1) is 14.3. The van der Waals surface area contributed by atoms with E-state index in [4.69, 9.17) is 0 Å². The average molecular weight is 382 g/mol. The maximum atomic E-state index is 12.2. The third-order valence-electron chi connectivity index (χ3n) is 4.20. The van der Waals surface area contributed by atoms with Crippen molar-refractivity contribution in [1.29, 1.82) is 0 Å². The summed E-state index contributed by atoms with van der Waals surface area (Å²) in [6.07, 6.45) is 1.60. The molecule has 0 fully saturated rings. The maximum absolute atomic E-state index is 12.2. The number of amides is 1. The summed E-state index contributed by atoms with van der Waals surface area (Å²) in [5.74, 6) is 0.312. The smallest absolute Gasteiger partial charge is 0.267 e. The summed E-state index contributed by atoms with van der Waals surface area (Å²) in [4.78, 5) is 13.7. The molecule has 7 heteroatoms. The molecule has 1 amide bonds. The van der Waals surface area contributed by atoms with E-state index in [9.17, 15) is 4.79 Å². The van der Waals surface area contributed by atoms with Crippen LogP contribution in [0.3, 0.4) is 0 Å². The minimum absolute atomic E-state index is 0.269. The summed E-state index contributed by atoms with van der Waals surface area (Å²) < 4.78 is 0. The fourth-order valence-corrected chi connectivity index (χ4v) is 2.71. The van der Waals surface area contributed by atoms with Gasteiger partial charge >= 0.3 is 0 Å². The van der Waals surface area contributed by atoms with Crippen LogP contribution < -0.4 is 5.43 Å². The van der Waals surface area contributed by atoms with Crippen molar-refractivity contribution in [1.82, 2.24) is 25.6 Å². The van der Waals surface area contributed by atoms with E-state index in [-0.39, 0.29) is 5.91 Å². The molecule has 0 spiro atoms. The van der Waals surface area contributed by atoms with Crippen LogP contribution >= 0.6 is 0 Å². The first-order valence-electron chi connectivity index (χ1n) is 9.08. The van der Waals surface area contributed by atoms with E-state index in [1.54, 1.807) is 18.3 Å². The number of carbonyl (C=O) groups is 1. The van der Waals surface area contributed by atoms with Crippen molar-refractivity contribution < 1.29 is 4.79 Å². The van der Waals surface area contributed by atoms with Crippen LogP contribution in [0.2, 0.25) is 0 Å². The molecule has 0 unspecified atom stereocenters. The van der Waals surface area contributed by atoms with Gasteiger partial charge in [0.2, 0.25) is 5.82 Å². The van der Waals surface area contributed by atoms with Crippen molar-refractivity contribution in [2.75, 3.05) is 0 Å². The number of nitrogens with one attached hydrogen (secondary N) is 1. The Bertz CT molecular complexity index is 1110. The second kappa shape index (κ2) is 8.71. The molecule has 1 heterocycles. The van der Waals surface area contributed by atoms with E-state index >= 15 is 0 Å². The molecular weight excluding hydrogens is 364 g/mol. The zero-order valence-corrected chi connectivity index (χ0v) is 15.5. The normalized spacial score (nSPS) is 10.9. The molecule has 142 valence electrons. The van der Waals surface area contributed by atoms with E-state index in [1.807, 2.05) is 72.8 Å². The van der Waals surface area contributed by atoms with Gasteiger partial charge in [-0.15, -0.1) is 10.2 Å². The molecule has 4 aromatic rings. The third-order valence-corrected chi connectivity index (χ3v) is 4.20. The summed E-state index contributed by atoms with van der Waals surface area (Å²) in [5.41, 5.74) is 5.85. The minimum Gasteiger partial charge on any atom is -0.267 e. The Morgan fingerprint density at radius 3 is 2.34 bits per heavy atom. The molecular formula is C22H18N6O. The van der Waals surface area contributed by atoms with Crippen LogP contribution in [0.25, 0.3) is 11.4 Å². The molecule has 0 aliphatic rings. The maximum Gasteiger partial charge on any atom is 0.271 e. The lowest BCUT2D eigenvalue weighted by atomic mass is 10.1. The van der Waals surface area contributed by atoms with Gasteiger partial charge in [0, 0.05) is 11.1 Å². The van der Waals surface area contributed by atoms with E-state index in [1.165, 1.54) is 4.80 Å². The Balaban J connectivity index is 1.36. The van der Waals surface area contributed by atoms with Gasteiger partial charge in [0.25, 0.3) is 5.91 Å². The topological polar surface area (TPSA) is 85.1 Å².